The first-order chi connectivity index (χ1) is 15.5. The number of hydrogen-bond donors (Lipinski definition) is 6. The normalized spacial score (nSPS) is 12.9. The van der Waals surface area contributed by atoms with Crippen LogP contribution in [-0.2, 0) is 20.8 Å². The summed E-state index contributed by atoms with van der Waals surface area (Å²) >= 11 is 0. The van der Waals surface area contributed by atoms with Gasteiger partial charge in [-0.1, -0.05) is 18.2 Å². The maximum Gasteiger partial charge on any atom is 0.243 e. The maximum atomic E-state index is 12.8. The molecule has 0 fully saturated rings. The standard InChI is InChI=1S/C23H36N6O3/c24-13-5-3-9-19(22(26)31)29-23(32)20(10-4-6-14-25)28-21(30)12-11-16-15-27-18-8-2-1-7-17(16)18/h1-2,7-8,15,19-20,27H,3-6,9-14,24-25H2,(H2,26,31)(H,28,30)(H,29,32)/t19-,20-/m0/s1. The molecule has 0 spiro atoms. The molecule has 1 heterocycles. The van der Waals surface area contributed by atoms with E-state index in [1.54, 1.807) is 0 Å². The van der Waals surface area contributed by atoms with E-state index in [0.29, 0.717) is 45.2 Å². The van der Waals surface area contributed by atoms with Crippen LogP contribution < -0.4 is 27.8 Å². The minimum Gasteiger partial charge on any atom is -0.368 e. The lowest BCUT2D eigenvalue weighted by Crippen LogP contribution is -2.53. The van der Waals surface area contributed by atoms with Crippen molar-refractivity contribution in [3.63, 3.8) is 0 Å². The molecule has 0 aliphatic heterocycles. The summed E-state index contributed by atoms with van der Waals surface area (Å²) in [5.41, 5.74) is 18.6. The van der Waals surface area contributed by atoms with Gasteiger partial charge < -0.3 is 32.8 Å². The fourth-order valence-corrected chi connectivity index (χ4v) is 3.67. The number of carbonyl (C=O) groups is 3. The summed E-state index contributed by atoms with van der Waals surface area (Å²) < 4.78 is 0. The van der Waals surface area contributed by atoms with Crippen LogP contribution in [0.5, 0.6) is 0 Å². The maximum absolute atomic E-state index is 12.8. The Morgan fingerprint density at radius 3 is 2.22 bits per heavy atom. The fourth-order valence-electron chi connectivity index (χ4n) is 3.67. The Balaban J connectivity index is 1.95. The van der Waals surface area contributed by atoms with Crippen LogP contribution in [0.3, 0.4) is 0 Å². The highest BCUT2D eigenvalue weighted by Crippen LogP contribution is 2.19. The highest BCUT2D eigenvalue weighted by molar-refractivity contribution is 5.91. The molecule has 0 bridgehead atoms. The van der Waals surface area contributed by atoms with E-state index >= 15 is 0 Å². The van der Waals surface area contributed by atoms with E-state index in [9.17, 15) is 14.4 Å². The van der Waals surface area contributed by atoms with E-state index in [-0.39, 0.29) is 12.3 Å². The molecule has 0 radical (unpaired) electrons. The Hall–Kier alpha value is -2.91. The van der Waals surface area contributed by atoms with Gasteiger partial charge in [-0.05, 0) is 69.7 Å². The highest BCUT2D eigenvalue weighted by atomic mass is 16.2. The van der Waals surface area contributed by atoms with Crippen LogP contribution in [0.15, 0.2) is 30.5 Å². The first-order valence-electron chi connectivity index (χ1n) is 11.3. The van der Waals surface area contributed by atoms with Crippen LogP contribution in [0.25, 0.3) is 10.9 Å². The molecule has 9 N–H and O–H groups in total. The zero-order valence-electron chi connectivity index (χ0n) is 18.6. The molecular weight excluding hydrogens is 408 g/mol. The average molecular weight is 445 g/mol. The summed E-state index contributed by atoms with van der Waals surface area (Å²) in [6.07, 6.45) is 6.41. The molecule has 2 aromatic rings. The number of amides is 3. The highest BCUT2D eigenvalue weighted by Gasteiger charge is 2.25. The number of hydrogen-bond acceptors (Lipinski definition) is 5. The second-order valence-electron chi connectivity index (χ2n) is 8.01. The van der Waals surface area contributed by atoms with Gasteiger partial charge in [0.05, 0.1) is 0 Å². The molecule has 2 atom stereocenters. The summed E-state index contributed by atoms with van der Waals surface area (Å²) in [6.45, 7) is 1.01. The minimum atomic E-state index is -0.783. The van der Waals surface area contributed by atoms with Crippen molar-refractivity contribution in [3.8, 4) is 0 Å². The molecule has 1 aromatic heterocycles. The van der Waals surface area contributed by atoms with Crippen LogP contribution in [0, 0.1) is 0 Å². The molecule has 0 aliphatic rings. The number of nitrogens with two attached hydrogens (primary N) is 3. The molecule has 2 rings (SSSR count). The third-order valence-corrected chi connectivity index (χ3v) is 5.50. The Labute approximate surface area is 188 Å². The van der Waals surface area contributed by atoms with Crippen molar-refractivity contribution in [2.45, 2.75) is 63.5 Å². The summed E-state index contributed by atoms with van der Waals surface area (Å²) in [5, 5.41) is 6.60. The van der Waals surface area contributed by atoms with Crippen molar-refractivity contribution in [1.82, 2.24) is 15.6 Å². The van der Waals surface area contributed by atoms with Crippen molar-refractivity contribution >= 4 is 28.6 Å². The number of aromatic amines is 1. The van der Waals surface area contributed by atoms with Crippen LogP contribution in [-0.4, -0.2) is 47.9 Å². The quantitative estimate of drug-likeness (QED) is 0.223. The zero-order chi connectivity index (χ0) is 23.3. The second kappa shape index (κ2) is 13.5. The summed E-state index contributed by atoms with van der Waals surface area (Å²) in [5.74, 6) is -1.22. The van der Waals surface area contributed by atoms with Crippen molar-refractivity contribution in [2.75, 3.05) is 13.1 Å². The number of carbonyl (C=O) groups excluding carboxylic acids is 3. The molecule has 9 nitrogen and oxygen atoms in total. The van der Waals surface area contributed by atoms with Gasteiger partial charge in [0.2, 0.25) is 17.7 Å². The smallest absolute Gasteiger partial charge is 0.243 e. The summed E-state index contributed by atoms with van der Waals surface area (Å²) in [6, 6.07) is 6.38. The third kappa shape index (κ3) is 7.97. The van der Waals surface area contributed by atoms with E-state index in [1.165, 1.54) is 0 Å². The van der Waals surface area contributed by atoms with Gasteiger partial charge in [0.15, 0.2) is 0 Å². The first-order valence-corrected chi connectivity index (χ1v) is 11.3. The number of aryl methyl sites for hydroxylation is 1. The molecule has 0 saturated heterocycles. The number of benzene rings is 1. The number of para-hydroxylation sites is 1. The van der Waals surface area contributed by atoms with E-state index in [4.69, 9.17) is 17.2 Å². The van der Waals surface area contributed by atoms with Gasteiger partial charge in [-0.25, -0.2) is 0 Å². The molecule has 32 heavy (non-hydrogen) atoms. The van der Waals surface area contributed by atoms with E-state index in [0.717, 1.165) is 29.3 Å². The lowest BCUT2D eigenvalue weighted by atomic mass is 10.0. The molecule has 9 heteroatoms. The van der Waals surface area contributed by atoms with Crippen LogP contribution in [0.2, 0.25) is 0 Å². The predicted octanol–water partition coefficient (Wildman–Crippen LogP) is 0.813. The molecule has 0 unspecified atom stereocenters. The number of unbranched alkanes of at least 4 members (excludes halogenated alkanes) is 2. The van der Waals surface area contributed by atoms with Crippen LogP contribution in [0.1, 0.15) is 50.5 Å². The number of fused-ring (bicyclic) bond motifs is 1. The van der Waals surface area contributed by atoms with Gasteiger partial charge in [0, 0.05) is 23.5 Å². The molecule has 0 saturated carbocycles. The number of nitrogens with one attached hydrogen (secondary N) is 3. The predicted molar refractivity (Wildman–Crippen MR) is 125 cm³/mol. The van der Waals surface area contributed by atoms with Gasteiger partial charge in [-0.15, -0.1) is 0 Å². The second-order valence-corrected chi connectivity index (χ2v) is 8.01. The van der Waals surface area contributed by atoms with Crippen molar-refractivity contribution in [2.24, 2.45) is 17.2 Å². The van der Waals surface area contributed by atoms with Gasteiger partial charge in [-0.3, -0.25) is 14.4 Å². The van der Waals surface area contributed by atoms with Crippen LogP contribution >= 0.6 is 0 Å². The minimum absolute atomic E-state index is 0.220. The Bertz CT molecular complexity index is 881. The molecule has 176 valence electrons. The lowest BCUT2D eigenvalue weighted by Gasteiger charge is -2.22. The van der Waals surface area contributed by atoms with Gasteiger partial charge >= 0.3 is 0 Å². The van der Waals surface area contributed by atoms with Gasteiger partial charge in [-0.2, -0.15) is 0 Å². The Kier molecular flexibility index (Phi) is 10.7. The topological polar surface area (TPSA) is 169 Å². The average Bonchev–Trinajstić information content (AvgIpc) is 3.19. The van der Waals surface area contributed by atoms with Gasteiger partial charge in [0.1, 0.15) is 12.1 Å². The summed E-state index contributed by atoms with van der Waals surface area (Å²) in [7, 11) is 0. The number of H-pyrrole nitrogens is 1. The third-order valence-electron chi connectivity index (χ3n) is 5.50. The molecule has 0 aliphatic carbocycles. The molecule has 1 aromatic carbocycles. The number of aromatic nitrogens is 1. The van der Waals surface area contributed by atoms with Crippen molar-refractivity contribution in [3.05, 3.63) is 36.0 Å². The number of rotatable bonds is 15. The Morgan fingerprint density at radius 1 is 0.906 bits per heavy atom. The summed E-state index contributed by atoms with van der Waals surface area (Å²) in [4.78, 5) is 40.4. The van der Waals surface area contributed by atoms with E-state index in [1.807, 2.05) is 30.5 Å². The van der Waals surface area contributed by atoms with E-state index < -0.39 is 23.9 Å². The van der Waals surface area contributed by atoms with Gasteiger partial charge in [0.25, 0.3) is 0 Å². The van der Waals surface area contributed by atoms with Crippen molar-refractivity contribution < 1.29 is 14.4 Å². The fraction of sp³-hybridized carbons (Fsp3) is 0.522. The lowest BCUT2D eigenvalue weighted by molar-refractivity contribution is -0.131. The van der Waals surface area contributed by atoms with E-state index in [2.05, 4.69) is 15.6 Å². The van der Waals surface area contributed by atoms with Crippen LogP contribution in [0.4, 0.5) is 0 Å². The molecule has 3 amide bonds. The Morgan fingerprint density at radius 2 is 1.56 bits per heavy atom. The SMILES string of the molecule is NCCCC[C@H](NC(=O)[C@H](CCCCN)NC(=O)CCc1c[nH]c2ccccc12)C(N)=O. The molecular formula is C23H36N6O3. The van der Waals surface area contributed by atoms with Crippen molar-refractivity contribution in [1.29, 1.82) is 0 Å². The number of primary amides is 1. The largest absolute Gasteiger partial charge is 0.368 e. The monoisotopic (exact) mass is 444 g/mol. The first kappa shape index (κ1) is 25.4. The zero-order valence-corrected chi connectivity index (χ0v) is 18.6.